The lowest BCUT2D eigenvalue weighted by molar-refractivity contribution is -0.117. The van der Waals surface area contributed by atoms with Crippen LogP contribution < -0.4 is 15.0 Å². The molecule has 1 N–H and O–H groups in total. The zero-order valence-electron chi connectivity index (χ0n) is 9.75. The van der Waals surface area contributed by atoms with E-state index in [2.05, 4.69) is 15.3 Å². The first-order valence-corrected chi connectivity index (χ1v) is 7.01. The number of rotatable bonds is 1. The van der Waals surface area contributed by atoms with Crippen LogP contribution in [0.25, 0.3) is 0 Å². The Morgan fingerprint density at radius 2 is 2.39 bits per heavy atom. The van der Waals surface area contributed by atoms with Gasteiger partial charge in [-0.05, 0) is 0 Å². The highest BCUT2D eigenvalue weighted by atomic mass is 32.2. The van der Waals surface area contributed by atoms with Gasteiger partial charge in [0.2, 0.25) is 11.8 Å². The van der Waals surface area contributed by atoms with Crippen LogP contribution in [0.1, 0.15) is 0 Å². The van der Waals surface area contributed by atoms with Crippen LogP contribution in [0.15, 0.2) is 6.33 Å². The topological polar surface area (TPSA) is 84.4 Å². The molecule has 1 fully saturated rings. The Morgan fingerprint density at radius 1 is 1.56 bits per heavy atom. The Labute approximate surface area is 106 Å². The van der Waals surface area contributed by atoms with Crippen molar-refractivity contribution in [1.29, 1.82) is 0 Å². The van der Waals surface area contributed by atoms with E-state index in [1.165, 1.54) is 13.4 Å². The van der Waals surface area contributed by atoms with Gasteiger partial charge in [-0.2, -0.15) is 4.98 Å². The molecule has 1 aromatic rings. The van der Waals surface area contributed by atoms with Gasteiger partial charge < -0.3 is 15.0 Å². The number of fused-ring (bicyclic) bond motifs is 3. The molecule has 0 spiro atoms. The summed E-state index contributed by atoms with van der Waals surface area (Å²) in [6.45, 7) is 0.553. The van der Waals surface area contributed by atoms with E-state index < -0.39 is 16.8 Å². The van der Waals surface area contributed by atoms with Gasteiger partial charge in [-0.15, -0.1) is 0 Å². The van der Waals surface area contributed by atoms with Crippen molar-refractivity contribution in [3.63, 3.8) is 0 Å². The van der Waals surface area contributed by atoms with Gasteiger partial charge in [0.25, 0.3) is 0 Å². The number of methoxy groups -OCH3 is 1. The van der Waals surface area contributed by atoms with Gasteiger partial charge in [0.15, 0.2) is 5.82 Å². The zero-order valence-corrected chi connectivity index (χ0v) is 10.6. The van der Waals surface area contributed by atoms with Gasteiger partial charge in [0.05, 0.1) is 12.9 Å². The largest absolute Gasteiger partial charge is 0.479 e. The van der Waals surface area contributed by atoms with Crippen LogP contribution in [-0.4, -0.2) is 51.3 Å². The molecule has 96 valence electrons. The fourth-order valence-electron chi connectivity index (χ4n) is 2.23. The molecule has 2 unspecified atom stereocenters. The van der Waals surface area contributed by atoms with Crippen LogP contribution in [0.2, 0.25) is 0 Å². The average molecular weight is 268 g/mol. The summed E-state index contributed by atoms with van der Waals surface area (Å²) < 4.78 is 16.7. The number of carbonyl (C=O) groups excluding carboxylic acids is 1. The maximum absolute atomic E-state index is 12.0. The predicted molar refractivity (Wildman–Crippen MR) is 66.2 cm³/mol. The number of anilines is 2. The first kappa shape index (κ1) is 11.4. The number of nitrogens with zero attached hydrogens (tertiary/aromatic N) is 3. The van der Waals surface area contributed by atoms with Crippen molar-refractivity contribution in [3.05, 3.63) is 6.33 Å². The molecule has 0 bridgehead atoms. The van der Waals surface area contributed by atoms with E-state index in [0.29, 0.717) is 35.4 Å². The van der Waals surface area contributed by atoms with Crippen LogP contribution in [0.4, 0.5) is 11.5 Å². The first-order chi connectivity index (χ1) is 8.70. The maximum Gasteiger partial charge on any atom is 0.248 e. The zero-order chi connectivity index (χ0) is 12.7. The molecule has 1 saturated heterocycles. The summed E-state index contributed by atoms with van der Waals surface area (Å²) in [6.07, 6.45) is 1.40. The number of hydrogen-bond donors (Lipinski definition) is 1. The highest BCUT2D eigenvalue weighted by Gasteiger charge is 2.39. The predicted octanol–water partition coefficient (Wildman–Crippen LogP) is -0.625. The molecule has 1 aromatic heterocycles. The normalized spacial score (nSPS) is 26.1. The Morgan fingerprint density at radius 3 is 3.17 bits per heavy atom. The van der Waals surface area contributed by atoms with Gasteiger partial charge in [-0.3, -0.25) is 9.00 Å². The van der Waals surface area contributed by atoms with E-state index in [1.54, 1.807) is 0 Å². The van der Waals surface area contributed by atoms with Crippen molar-refractivity contribution in [3.8, 4) is 5.88 Å². The second-order valence-electron chi connectivity index (χ2n) is 4.09. The van der Waals surface area contributed by atoms with E-state index in [4.69, 9.17) is 4.74 Å². The molecule has 2 atom stereocenters. The molecule has 2 aliphatic rings. The van der Waals surface area contributed by atoms with Crippen molar-refractivity contribution in [2.24, 2.45) is 0 Å². The van der Waals surface area contributed by atoms with E-state index in [9.17, 15) is 9.00 Å². The summed E-state index contributed by atoms with van der Waals surface area (Å²) in [5.74, 6) is 1.71. The summed E-state index contributed by atoms with van der Waals surface area (Å²) in [5.41, 5.74) is 0.494. The van der Waals surface area contributed by atoms with Gasteiger partial charge in [-0.1, -0.05) is 0 Å². The number of amides is 1. The first-order valence-electron chi connectivity index (χ1n) is 5.52. The van der Waals surface area contributed by atoms with Crippen LogP contribution >= 0.6 is 0 Å². The fraction of sp³-hybridized carbons (Fsp3) is 0.500. The lowest BCUT2D eigenvalue weighted by Gasteiger charge is -2.39. The van der Waals surface area contributed by atoms with Gasteiger partial charge in [-0.25, -0.2) is 4.98 Å². The number of aromatic nitrogens is 2. The third-order valence-corrected chi connectivity index (χ3v) is 4.41. The lowest BCUT2D eigenvalue weighted by atomic mass is 10.2. The Balaban J connectivity index is 2.07. The smallest absolute Gasteiger partial charge is 0.248 e. The van der Waals surface area contributed by atoms with Crippen molar-refractivity contribution in [2.75, 3.05) is 35.4 Å². The summed E-state index contributed by atoms with van der Waals surface area (Å²) in [7, 11) is 0.552. The number of hydrogen-bond acceptors (Lipinski definition) is 6. The molecule has 0 aromatic carbocycles. The minimum atomic E-state index is -0.940. The molecule has 7 nitrogen and oxygen atoms in total. The van der Waals surface area contributed by atoms with Crippen LogP contribution in [0.5, 0.6) is 5.88 Å². The Kier molecular flexibility index (Phi) is 2.66. The van der Waals surface area contributed by atoms with Crippen molar-refractivity contribution in [2.45, 2.75) is 6.04 Å². The maximum atomic E-state index is 12.0. The van der Waals surface area contributed by atoms with Crippen molar-refractivity contribution in [1.82, 2.24) is 9.97 Å². The summed E-state index contributed by atoms with van der Waals surface area (Å²) in [5, 5.41) is 2.73. The molecule has 8 heteroatoms. The molecule has 0 radical (unpaired) electrons. The third-order valence-electron chi connectivity index (χ3n) is 3.09. The molecule has 0 aliphatic carbocycles. The quantitative estimate of drug-likeness (QED) is 0.730. The van der Waals surface area contributed by atoms with E-state index in [0.717, 1.165) is 0 Å². The van der Waals surface area contributed by atoms with Gasteiger partial charge >= 0.3 is 0 Å². The summed E-state index contributed by atoms with van der Waals surface area (Å²) in [4.78, 5) is 22.0. The molecule has 18 heavy (non-hydrogen) atoms. The standard InChI is InChI=1S/C10H12N4O3S/c1-17-10-7-8(11-5-12-10)14-2-3-18(16)4-6(14)9(15)13-7/h5-6H,2-4H2,1H3,(H,13,15). The van der Waals surface area contributed by atoms with Crippen molar-refractivity contribution >= 4 is 28.2 Å². The van der Waals surface area contributed by atoms with Crippen LogP contribution in [-0.2, 0) is 15.6 Å². The second-order valence-corrected chi connectivity index (χ2v) is 5.71. The molecule has 2 aliphatic heterocycles. The molecule has 3 heterocycles. The second kappa shape index (κ2) is 4.20. The lowest BCUT2D eigenvalue weighted by Crippen LogP contribution is -2.56. The SMILES string of the molecule is COc1ncnc2c1NC(=O)C1CS(=O)CCN21. The molecular formula is C10H12N4O3S. The highest BCUT2D eigenvalue weighted by molar-refractivity contribution is 7.85. The molecule has 1 amide bonds. The number of carbonyl (C=O) groups is 1. The van der Waals surface area contributed by atoms with E-state index in [1.807, 2.05) is 4.90 Å². The highest BCUT2D eigenvalue weighted by Crippen LogP contribution is 2.36. The minimum absolute atomic E-state index is 0.177. The monoisotopic (exact) mass is 268 g/mol. The number of nitrogens with one attached hydrogen (secondary N) is 1. The number of ether oxygens (including phenoxy) is 1. The minimum Gasteiger partial charge on any atom is -0.479 e. The van der Waals surface area contributed by atoms with Gasteiger partial charge in [0.1, 0.15) is 18.1 Å². The third kappa shape index (κ3) is 1.64. The van der Waals surface area contributed by atoms with Crippen molar-refractivity contribution < 1.29 is 13.7 Å². The summed E-state index contributed by atoms with van der Waals surface area (Å²) >= 11 is 0. The average Bonchev–Trinajstić information content (AvgIpc) is 2.38. The Bertz CT molecular complexity index is 536. The van der Waals surface area contributed by atoms with Crippen LogP contribution in [0.3, 0.4) is 0 Å². The summed E-state index contributed by atoms with van der Waals surface area (Å²) in [6, 6.07) is -0.410. The Hall–Kier alpha value is -1.70. The van der Waals surface area contributed by atoms with Gasteiger partial charge in [0, 0.05) is 23.1 Å². The molecular weight excluding hydrogens is 256 g/mol. The fourth-order valence-corrected chi connectivity index (χ4v) is 3.48. The van der Waals surface area contributed by atoms with E-state index in [-0.39, 0.29) is 5.91 Å². The molecule has 3 rings (SSSR count). The van der Waals surface area contributed by atoms with E-state index >= 15 is 0 Å². The molecule has 0 saturated carbocycles. The van der Waals surface area contributed by atoms with Crippen LogP contribution in [0, 0.1) is 0 Å².